The quantitative estimate of drug-likeness (QED) is 0.755. The van der Waals surface area contributed by atoms with Gasteiger partial charge in [0.05, 0.1) is 12.1 Å². The van der Waals surface area contributed by atoms with Crippen LogP contribution in [0.1, 0.15) is 0 Å². The van der Waals surface area contributed by atoms with Crippen LogP contribution in [0.4, 0.5) is 10.1 Å². The first-order valence-electron chi connectivity index (χ1n) is 7.22. The number of nitrogens with one attached hydrogen (secondary N) is 1. The zero-order chi connectivity index (χ0) is 17.8. The largest absolute Gasteiger partial charge is 0.495 e. The number of aromatic nitrogens is 4. The van der Waals surface area contributed by atoms with Crippen LogP contribution >= 0.6 is 11.6 Å². The second kappa shape index (κ2) is 7.27. The second-order valence-electron chi connectivity index (χ2n) is 5.05. The van der Waals surface area contributed by atoms with Crippen LogP contribution in [0, 0.1) is 5.82 Å². The van der Waals surface area contributed by atoms with E-state index in [1.807, 2.05) is 0 Å². The lowest BCUT2D eigenvalue weighted by Crippen LogP contribution is -2.20. The van der Waals surface area contributed by atoms with E-state index in [1.165, 1.54) is 31.4 Å². The molecule has 1 amide bonds. The van der Waals surface area contributed by atoms with Crippen LogP contribution < -0.4 is 10.1 Å². The number of ether oxygens (including phenoxy) is 1. The molecule has 0 bridgehead atoms. The van der Waals surface area contributed by atoms with Gasteiger partial charge >= 0.3 is 0 Å². The average Bonchev–Trinajstić information content (AvgIpc) is 3.04. The maximum atomic E-state index is 12.9. The lowest BCUT2D eigenvalue weighted by Gasteiger charge is -2.07. The van der Waals surface area contributed by atoms with Crippen LogP contribution in [-0.4, -0.2) is 33.2 Å². The van der Waals surface area contributed by atoms with Gasteiger partial charge in [0.15, 0.2) is 0 Å². The third-order valence-corrected chi connectivity index (χ3v) is 3.57. The molecule has 2 aromatic carbocycles. The molecule has 0 aliphatic heterocycles. The zero-order valence-corrected chi connectivity index (χ0v) is 13.9. The van der Waals surface area contributed by atoms with Gasteiger partial charge in [-0.2, -0.15) is 4.80 Å². The Morgan fingerprint density at radius 1 is 1.28 bits per heavy atom. The topological polar surface area (TPSA) is 81.9 Å². The van der Waals surface area contributed by atoms with Crippen LogP contribution in [0.15, 0.2) is 42.5 Å². The van der Waals surface area contributed by atoms with E-state index >= 15 is 0 Å². The highest BCUT2D eigenvalue weighted by Crippen LogP contribution is 2.27. The van der Waals surface area contributed by atoms with Crippen molar-refractivity contribution >= 4 is 23.2 Å². The molecule has 3 rings (SSSR count). The number of tetrazole rings is 1. The van der Waals surface area contributed by atoms with Gasteiger partial charge in [0, 0.05) is 11.3 Å². The first-order chi connectivity index (χ1) is 12.0. The molecule has 0 radical (unpaired) electrons. The summed E-state index contributed by atoms with van der Waals surface area (Å²) in [6.07, 6.45) is 0. The van der Waals surface area contributed by atoms with Gasteiger partial charge in [-0.25, -0.2) is 4.39 Å². The standard InChI is InChI=1S/C16H13ClFN5O2/c1-25-14-7-6-12(8-13(14)17)19-15(24)9-23-21-16(20-22-23)10-2-4-11(18)5-3-10/h2-8H,9H2,1H3,(H,19,24). The van der Waals surface area contributed by atoms with Crippen molar-refractivity contribution in [2.24, 2.45) is 0 Å². The van der Waals surface area contributed by atoms with Crippen LogP contribution in [0.5, 0.6) is 5.75 Å². The Balaban J connectivity index is 1.65. The number of anilines is 1. The monoisotopic (exact) mass is 361 g/mol. The predicted octanol–water partition coefficient (Wildman–Crippen LogP) is 2.78. The summed E-state index contributed by atoms with van der Waals surface area (Å²) in [5.41, 5.74) is 1.13. The molecule has 0 saturated carbocycles. The molecule has 1 N–H and O–H groups in total. The number of amides is 1. The third-order valence-electron chi connectivity index (χ3n) is 3.28. The SMILES string of the molecule is COc1ccc(NC(=O)Cn2nnc(-c3ccc(F)cc3)n2)cc1Cl. The molecule has 0 unspecified atom stereocenters. The molecule has 0 fully saturated rings. The first-order valence-corrected chi connectivity index (χ1v) is 7.60. The summed E-state index contributed by atoms with van der Waals surface area (Å²) in [5.74, 6) is 0.125. The fraction of sp³-hybridized carbons (Fsp3) is 0.125. The zero-order valence-electron chi connectivity index (χ0n) is 13.1. The van der Waals surface area contributed by atoms with E-state index in [-0.39, 0.29) is 18.3 Å². The Morgan fingerprint density at radius 3 is 2.72 bits per heavy atom. The van der Waals surface area contributed by atoms with Crippen LogP contribution in [-0.2, 0) is 11.3 Å². The predicted molar refractivity (Wildman–Crippen MR) is 89.8 cm³/mol. The summed E-state index contributed by atoms with van der Waals surface area (Å²) in [6.45, 7) is -0.127. The Labute approximate surface area is 147 Å². The summed E-state index contributed by atoms with van der Waals surface area (Å²) in [4.78, 5) is 13.2. The highest BCUT2D eigenvalue weighted by atomic mass is 35.5. The van der Waals surface area contributed by atoms with Crippen LogP contribution in [0.2, 0.25) is 5.02 Å². The maximum absolute atomic E-state index is 12.9. The Bertz CT molecular complexity index is 898. The molecule has 0 aliphatic carbocycles. The molecular formula is C16H13ClFN5O2. The molecule has 0 aliphatic rings. The Hall–Kier alpha value is -3.00. The van der Waals surface area contributed by atoms with Gasteiger partial charge in [0.1, 0.15) is 18.1 Å². The molecular weight excluding hydrogens is 349 g/mol. The van der Waals surface area contributed by atoms with Crippen molar-refractivity contribution in [2.75, 3.05) is 12.4 Å². The van der Waals surface area contributed by atoms with E-state index in [0.29, 0.717) is 27.8 Å². The number of carbonyl (C=O) groups excluding carboxylic acids is 1. The Kier molecular flexibility index (Phi) is 4.90. The van der Waals surface area contributed by atoms with E-state index in [1.54, 1.807) is 18.2 Å². The fourth-order valence-electron chi connectivity index (χ4n) is 2.10. The highest BCUT2D eigenvalue weighted by molar-refractivity contribution is 6.32. The number of carbonyl (C=O) groups is 1. The Morgan fingerprint density at radius 2 is 2.04 bits per heavy atom. The van der Waals surface area contributed by atoms with Crippen molar-refractivity contribution in [1.29, 1.82) is 0 Å². The molecule has 25 heavy (non-hydrogen) atoms. The second-order valence-corrected chi connectivity index (χ2v) is 5.46. The normalized spacial score (nSPS) is 10.5. The molecule has 0 saturated heterocycles. The molecule has 0 spiro atoms. The van der Waals surface area contributed by atoms with E-state index in [2.05, 4.69) is 20.7 Å². The molecule has 9 heteroatoms. The van der Waals surface area contributed by atoms with Crippen molar-refractivity contribution in [1.82, 2.24) is 20.2 Å². The fourth-order valence-corrected chi connectivity index (χ4v) is 2.36. The molecule has 1 heterocycles. The highest BCUT2D eigenvalue weighted by Gasteiger charge is 2.10. The molecule has 7 nitrogen and oxygen atoms in total. The van der Waals surface area contributed by atoms with Gasteiger partial charge in [0.2, 0.25) is 11.7 Å². The number of hydrogen-bond donors (Lipinski definition) is 1. The lowest BCUT2D eigenvalue weighted by atomic mass is 10.2. The summed E-state index contributed by atoms with van der Waals surface area (Å²) in [7, 11) is 1.51. The van der Waals surface area contributed by atoms with Gasteiger partial charge < -0.3 is 10.1 Å². The van der Waals surface area contributed by atoms with E-state index < -0.39 is 0 Å². The first kappa shape index (κ1) is 16.8. The summed E-state index contributed by atoms with van der Waals surface area (Å²) in [5, 5.41) is 14.8. The van der Waals surface area contributed by atoms with Gasteiger partial charge in [-0.1, -0.05) is 11.6 Å². The molecule has 1 aromatic heterocycles. The molecule has 128 valence electrons. The van der Waals surface area contributed by atoms with Crippen molar-refractivity contribution < 1.29 is 13.9 Å². The van der Waals surface area contributed by atoms with E-state index in [9.17, 15) is 9.18 Å². The van der Waals surface area contributed by atoms with E-state index in [4.69, 9.17) is 16.3 Å². The third kappa shape index (κ3) is 4.10. The summed E-state index contributed by atoms with van der Waals surface area (Å²) in [6, 6.07) is 10.6. The number of methoxy groups -OCH3 is 1. The number of rotatable bonds is 5. The van der Waals surface area contributed by atoms with Crippen LogP contribution in [0.25, 0.3) is 11.4 Å². The van der Waals surface area contributed by atoms with E-state index in [0.717, 1.165) is 4.80 Å². The summed E-state index contributed by atoms with van der Waals surface area (Å²) < 4.78 is 18.0. The van der Waals surface area contributed by atoms with Gasteiger partial charge in [-0.05, 0) is 47.7 Å². The minimum Gasteiger partial charge on any atom is -0.495 e. The number of benzene rings is 2. The van der Waals surface area contributed by atoms with Crippen molar-refractivity contribution in [3.8, 4) is 17.1 Å². The minimum atomic E-state index is -0.353. The van der Waals surface area contributed by atoms with Gasteiger partial charge in [-0.15, -0.1) is 10.2 Å². The number of nitrogens with zero attached hydrogens (tertiary/aromatic N) is 4. The van der Waals surface area contributed by atoms with Crippen molar-refractivity contribution in [3.05, 3.63) is 53.3 Å². The lowest BCUT2D eigenvalue weighted by molar-refractivity contribution is -0.117. The number of halogens is 2. The van der Waals surface area contributed by atoms with Gasteiger partial charge in [0.25, 0.3) is 0 Å². The van der Waals surface area contributed by atoms with Crippen molar-refractivity contribution in [3.63, 3.8) is 0 Å². The summed E-state index contributed by atoms with van der Waals surface area (Å²) >= 11 is 6.01. The average molecular weight is 362 g/mol. The molecule has 3 aromatic rings. The number of hydrogen-bond acceptors (Lipinski definition) is 5. The molecule has 0 atom stereocenters. The minimum absolute atomic E-state index is 0.127. The van der Waals surface area contributed by atoms with Gasteiger partial charge in [-0.3, -0.25) is 4.79 Å². The van der Waals surface area contributed by atoms with Crippen molar-refractivity contribution in [2.45, 2.75) is 6.54 Å². The van der Waals surface area contributed by atoms with Crippen LogP contribution in [0.3, 0.4) is 0 Å². The maximum Gasteiger partial charge on any atom is 0.248 e. The smallest absolute Gasteiger partial charge is 0.248 e.